The highest BCUT2D eigenvalue weighted by Crippen LogP contribution is 2.39. The third-order valence-corrected chi connectivity index (χ3v) is 3.96. The second-order valence-electron chi connectivity index (χ2n) is 5.72. The molecule has 2 atom stereocenters. The Hall–Kier alpha value is -2.34. The van der Waals surface area contributed by atoms with Crippen molar-refractivity contribution in [3.05, 3.63) is 46.8 Å². The standard InChI is InChI=1S/C16H20N4O2/c1-9(17)8-20-15(11-4-6-12(22-3)7-5-11)13-10(2)18-19-14(13)16(20)21/h4-7,9,15H,8,17H2,1-3H3,(H,18,19). The summed E-state index contributed by atoms with van der Waals surface area (Å²) in [6.07, 6.45) is 0. The zero-order valence-corrected chi connectivity index (χ0v) is 13.0. The Bertz CT molecular complexity index is 691. The minimum Gasteiger partial charge on any atom is -0.497 e. The van der Waals surface area contributed by atoms with Gasteiger partial charge in [0.05, 0.1) is 13.2 Å². The third-order valence-electron chi connectivity index (χ3n) is 3.96. The molecule has 0 radical (unpaired) electrons. The number of hydrogen-bond acceptors (Lipinski definition) is 4. The van der Waals surface area contributed by atoms with Crippen LogP contribution in [0.2, 0.25) is 0 Å². The van der Waals surface area contributed by atoms with E-state index in [-0.39, 0.29) is 18.0 Å². The van der Waals surface area contributed by atoms with E-state index in [2.05, 4.69) is 10.2 Å². The zero-order chi connectivity index (χ0) is 15.9. The van der Waals surface area contributed by atoms with E-state index in [1.165, 1.54) is 0 Å². The number of carbonyl (C=O) groups excluding carboxylic acids is 1. The number of rotatable bonds is 4. The van der Waals surface area contributed by atoms with E-state index in [4.69, 9.17) is 10.5 Å². The van der Waals surface area contributed by atoms with Crippen LogP contribution in [0.4, 0.5) is 0 Å². The van der Waals surface area contributed by atoms with E-state index in [1.807, 2.05) is 38.1 Å². The van der Waals surface area contributed by atoms with E-state index in [0.29, 0.717) is 12.2 Å². The number of carbonyl (C=O) groups is 1. The number of aromatic nitrogens is 2. The van der Waals surface area contributed by atoms with Crippen LogP contribution in [0.1, 0.15) is 40.3 Å². The topological polar surface area (TPSA) is 84.2 Å². The molecule has 1 amide bonds. The molecule has 116 valence electrons. The number of nitrogens with one attached hydrogen (secondary N) is 1. The third kappa shape index (κ3) is 2.25. The number of fused-ring (bicyclic) bond motifs is 1. The minimum atomic E-state index is -0.154. The molecule has 0 aliphatic carbocycles. The van der Waals surface area contributed by atoms with Crippen LogP contribution in [-0.4, -0.2) is 40.7 Å². The Kier molecular flexibility index (Phi) is 3.62. The van der Waals surface area contributed by atoms with Gasteiger partial charge in [-0.25, -0.2) is 0 Å². The first-order chi connectivity index (χ1) is 10.5. The first-order valence-electron chi connectivity index (χ1n) is 7.28. The number of ether oxygens (including phenoxy) is 1. The number of amides is 1. The summed E-state index contributed by atoms with van der Waals surface area (Å²) in [6.45, 7) is 4.32. The number of hydrogen-bond donors (Lipinski definition) is 2. The molecule has 1 aromatic carbocycles. The van der Waals surface area contributed by atoms with Gasteiger partial charge in [0.2, 0.25) is 0 Å². The Labute approximate surface area is 129 Å². The van der Waals surface area contributed by atoms with Crippen LogP contribution in [0.15, 0.2) is 24.3 Å². The predicted molar refractivity (Wildman–Crippen MR) is 82.8 cm³/mol. The molecule has 1 aliphatic rings. The van der Waals surface area contributed by atoms with Crippen molar-refractivity contribution in [1.29, 1.82) is 0 Å². The summed E-state index contributed by atoms with van der Waals surface area (Å²) >= 11 is 0. The zero-order valence-electron chi connectivity index (χ0n) is 13.0. The Morgan fingerprint density at radius 1 is 1.41 bits per heavy atom. The summed E-state index contributed by atoms with van der Waals surface area (Å²) in [5, 5.41) is 7.07. The fourth-order valence-corrected chi connectivity index (χ4v) is 2.98. The van der Waals surface area contributed by atoms with Crippen LogP contribution in [0, 0.1) is 6.92 Å². The molecule has 0 spiro atoms. The summed E-state index contributed by atoms with van der Waals surface area (Å²) in [5.41, 5.74) is 9.30. The molecule has 1 aliphatic heterocycles. The molecule has 22 heavy (non-hydrogen) atoms. The fraction of sp³-hybridized carbons (Fsp3) is 0.375. The fourth-order valence-electron chi connectivity index (χ4n) is 2.98. The average molecular weight is 300 g/mol. The van der Waals surface area contributed by atoms with Gasteiger partial charge in [0.1, 0.15) is 5.75 Å². The second-order valence-corrected chi connectivity index (χ2v) is 5.72. The van der Waals surface area contributed by atoms with Crippen LogP contribution < -0.4 is 10.5 Å². The van der Waals surface area contributed by atoms with Gasteiger partial charge < -0.3 is 15.4 Å². The highest BCUT2D eigenvalue weighted by molar-refractivity contribution is 5.98. The lowest BCUT2D eigenvalue weighted by molar-refractivity contribution is 0.0735. The monoisotopic (exact) mass is 300 g/mol. The van der Waals surface area contributed by atoms with Crippen LogP contribution in [0.3, 0.4) is 0 Å². The first kappa shape index (κ1) is 14.6. The summed E-state index contributed by atoms with van der Waals surface area (Å²) < 4.78 is 5.20. The molecular weight excluding hydrogens is 280 g/mol. The largest absolute Gasteiger partial charge is 0.497 e. The van der Waals surface area contributed by atoms with Crippen molar-refractivity contribution in [3.63, 3.8) is 0 Å². The molecule has 0 fully saturated rings. The molecule has 2 aromatic rings. The number of nitrogens with two attached hydrogens (primary N) is 1. The van der Waals surface area contributed by atoms with E-state index in [9.17, 15) is 4.79 Å². The van der Waals surface area contributed by atoms with Crippen LogP contribution >= 0.6 is 0 Å². The lowest BCUT2D eigenvalue weighted by Crippen LogP contribution is -2.38. The van der Waals surface area contributed by atoms with Gasteiger partial charge in [0.25, 0.3) is 5.91 Å². The highest BCUT2D eigenvalue weighted by Gasteiger charge is 2.41. The molecule has 3 N–H and O–H groups in total. The highest BCUT2D eigenvalue weighted by atomic mass is 16.5. The molecule has 0 saturated heterocycles. The summed E-state index contributed by atoms with van der Waals surface area (Å²) in [4.78, 5) is 14.4. The van der Waals surface area contributed by atoms with Crippen molar-refractivity contribution in [1.82, 2.24) is 15.1 Å². The van der Waals surface area contributed by atoms with Gasteiger partial charge in [0, 0.05) is 23.8 Å². The molecule has 1 aromatic heterocycles. The molecule has 6 nitrogen and oxygen atoms in total. The Morgan fingerprint density at radius 3 is 2.68 bits per heavy atom. The average Bonchev–Trinajstić information content (AvgIpc) is 3.00. The number of nitrogens with zero attached hydrogens (tertiary/aromatic N) is 2. The molecule has 2 unspecified atom stereocenters. The smallest absolute Gasteiger partial charge is 0.275 e. The van der Waals surface area contributed by atoms with Crippen molar-refractivity contribution in [2.45, 2.75) is 25.9 Å². The summed E-state index contributed by atoms with van der Waals surface area (Å²) in [6, 6.07) is 7.50. The molecule has 6 heteroatoms. The lowest BCUT2D eigenvalue weighted by atomic mass is 9.99. The normalized spacial score (nSPS) is 18.5. The maximum absolute atomic E-state index is 12.6. The van der Waals surface area contributed by atoms with Crippen molar-refractivity contribution in [3.8, 4) is 5.75 Å². The van der Waals surface area contributed by atoms with Crippen LogP contribution in [0.5, 0.6) is 5.75 Å². The van der Waals surface area contributed by atoms with E-state index < -0.39 is 0 Å². The lowest BCUT2D eigenvalue weighted by Gasteiger charge is -2.27. The van der Waals surface area contributed by atoms with Crippen LogP contribution in [-0.2, 0) is 0 Å². The predicted octanol–water partition coefficient (Wildman–Crippen LogP) is 1.62. The Morgan fingerprint density at radius 2 is 2.09 bits per heavy atom. The number of benzene rings is 1. The minimum absolute atomic E-state index is 0.0718. The van der Waals surface area contributed by atoms with Gasteiger partial charge in [-0.15, -0.1) is 0 Å². The number of methoxy groups -OCH3 is 1. The molecular formula is C16H20N4O2. The quantitative estimate of drug-likeness (QED) is 0.898. The van der Waals surface area contributed by atoms with Crippen molar-refractivity contribution >= 4 is 5.91 Å². The molecule has 3 rings (SSSR count). The first-order valence-corrected chi connectivity index (χ1v) is 7.28. The van der Waals surface area contributed by atoms with Gasteiger partial charge in [-0.1, -0.05) is 12.1 Å². The van der Waals surface area contributed by atoms with Crippen molar-refractivity contribution in [2.24, 2.45) is 5.73 Å². The molecule has 0 bridgehead atoms. The Balaban J connectivity index is 2.06. The van der Waals surface area contributed by atoms with Gasteiger partial charge >= 0.3 is 0 Å². The van der Waals surface area contributed by atoms with Gasteiger partial charge in [-0.05, 0) is 31.5 Å². The molecule has 0 saturated carbocycles. The van der Waals surface area contributed by atoms with Gasteiger partial charge in [-0.3, -0.25) is 9.89 Å². The van der Waals surface area contributed by atoms with Gasteiger partial charge in [-0.2, -0.15) is 5.10 Å². The summed E-state index contributed by atoms with van der Waals surface area (Å²) in [7, 11) is 1.63. The van der Waals surface area contributed by atoms with Crippen LogP contribution in [0.25, 0.3) is 0 Å². The number of H-pyrrole nitrogens is 1. The van der Waals surface area contributed by atoms with E-state index in [1.54, 1.807) is 12.0 Å². The van der Waals surface area contributed by atoms with E-state index >= 15 is 0 Å². The maximum Gasteiger partial charge on any atom is 0.275 e. The second kappa shape index (κ2) is 5.46. The number of aryl methyl sites for hydroxylation is 1. The summed E-state index contributed by atoms with van der Waals surface area (Å²) in [5.74, 6) is 0.716. The molecule has 2 heterocycles. The van der Waals surface area contributed by atoms with E-state index in [0.717, 1.165) is 22.6 Å². The number of aromatic amines is 1. The maximum atomic E-state index is 12.6. The van der Waals surface area contributed by atoms with Gasteiger partial charge in [0.15, 0.2) is 5.69 Å². The SMILES string of the molecule is COc1ccc(C2c3c(n[nH]c3C)C(=O)N2CC(C)N)cc1. The van der Waals surface area contributed by atoms with Crippen molar-refractivity contribution in [2.75, 3.05) is 13.7 Å². The van der Waals surface area contributed by atoms with Crippen molar-refractivity contribution < 1.29 is 9.53 Å².